The van der Waals surface area contributed by atoms with Crippen molar-refractivity contribution in [3.8, 4) is 0 Å². The monoisotopic (exact) mass is 429 g/mol. The van der Waals surface area contributed by atoms with Crippen LogP contribution < -0.4 is 0 Å². The number of halogens is 3. The molecule has 162 valence electrons. The molecule has 31 heavy (non-hydrogen) atoms. The lowest BCUT2D eigenvalue weighted by molar-refractivity contribution is 0.0553. The second kappa shape index (κ2) is 7.32. The van der Waals surface area contributed by atoms with Crippen LogP contribution in [-0.4, -0.2) is 42.5 Å². The molecule has 2 bridgehead atoms. The van der Waals surface area contributed by atoms with Crippen LogP contribution in [0.25, 0.3) is 5.78 Å². The first-order valence-corrected chi connectivity index (χ1v) is 10.4. The molecule has 2 aromatic heterocycles. The molecule has 0 radical (unpaired) electrons. The summed E-state index contributed by atoms with van der Waals surface area (Å²) in [5.41, 5.74) is 1.60. The Morgan fingerprint density at radius 3 is 2.52 bits per heavy atom. The minimum Gasteiger partial charge on any atom is -0.332 e. The number of hydrogen-bond acceptors (Lipinski definition) is 4. The van der Waals surface area contributed by atoms with E-state index in [-0.39, 0.29) is 41.2 Å². The van der Waals surface area contributed by atoms with Crippen LogP contribution in [0, 0.1) is 19.7 Å². The van der Waals surface area contributed by atoms with E-state index in [9.17, 15) is 18.0 Å². The summed E-state index contributed by atoms with van der Waals surface area (Å²) in [5.74, 6) is -0.465. The molecule has 2 aliphatic rings. The van der Waals surface area contributed by atoms with Crippen LogP contribution in [0.4, 0.5) is 13.2 Å². The van der Waals surface area contributed by atoms with Crippen LogP contribution in [0.1, 0.15) is 70.9 Å². The molecule has 0 aliphatic carbocycles. The quantitative estimate of drug-likeness (QED) is 0.620. The highest BCUT2D eigenvalue weighted by Gasteiger charge is 2.46. The molecule has 0 spiro atoms. The zero-order valence-electron chi connectivity index (χ0n) is 17.2. The molecular formula is C22H22F3N5O. The van der Waals surface area contributed by atoms with Crippen molar-refractivity contribution in [3.63, 3.8) is 0 Å². The standard InChI is InChI=1S/C22H22F3N5O/c1-11-7-13(8-12(2)19(11)23)21(31)29-14-3-5-15(17(29)6-4-14)18-9-16(20(24)25)28-22-26-10-27-30(18)22/h7-10,14-15,17,20H,3-6H2,1-2H3/t14-,15-,17-/m0/s1. The smallest absolute Gasteiger partial charge is 0.280 e. The van der Waals surface area contributed by atoms with Gasteiger partial charge in [0.1, 0.15) is 17.8 Å². The molecular weight excluding hydrogens is 407 g/mol. The predicted octanol–water partition coefficient (Wildman–Crippen LogP) is 4.37. The molecule has 2 aliphatic heterocycles. The molecule has 1 aromatic carbocycles. The Bertz CT molecular complexity index is 1150. The van der Waals surface area contributed by atoms with E-state index in [1.807, 2.05) is 4.90 Å². The lowest BCUT2D eigenvalue weighted by Gasteiger charge is -2.40. The second-order valence-electron chi connectivity index (χ2n) is 8.50. The lowest BCUT2D eigenvalue weighted by Crippen LogP contribution is -2.47. The summed E-state index contributed by atoms with van der Waals surface area (Å²) >= 11 is 0. The van der Waals surface area contributed by atoms with Gasteiger partial charge < -0.3 is 4.90 Å². The number of nitrogens with zero attached hydrogens (tertiary/aromatic N) is 5. The van der Waals surface area contributed by atoms with Crippen molar-refractivity contribution in [2.24, 2.45) is 0 Å². The Kier molecular flexibility index (Phi) is 4.71. The Hall–Kier alpha value is -2.97. The summed E-state index contributed by atoms with van der Waals surface area (Å²) in [7, 11) is 0. The van der Waals surface area contributed by atoms with Crippen LogP contribution in [0.3, 0.4) is 0 Å². The topological polar surface area (TPSA) is 63.4 Å². The van der Waals surface area contributed by atoms with E-state index in [1.165, 1.54) is 16.9 Å². The molecule has 2 fully saturated rings. The van der Waals surface area contributed by atoms with E-state index in [1.54, 1.807) is 26.0 Å². The van der Waals surface area contributed by atoms with Crippen LogP contribution in [-0.2, 0) is 0 Å². The molecule has 9 heteroatoms. The average Bonchev–Trinajstić information content (AvgIpc) is 3.33. The third-order valence-electron chi connectivity index (χ3n) is 6.64. The number of aryl methyl sites for hydroxylation is 2. The van der Waals surface area contributed by atoms with Crippen molar-refractivity contribution in [2.75, 3.05) is 0 Å². The largest absolute Gasteiger partial charge is 0.332 e. The zero-order valence-corrected chi connectivity index (χ0v) is 17.2. The van der Waals surface area contributed by atoms with E-state index in [0.29, 0.717) is 22.4 Å². The number of amides is 1. The number of piperidine rings is 1. The van der Waals surface area contributed by atoms with Gasteiger partial charge in [-0.15, -0.1) is 0 Å². The zero-order chi connectivity index (χ0) is 21.9. The van der Waals surface area contributed by atoms with Gasteiger partial charge in [0.25, 0.3) is 18.1 Å². The Morgan fingerprint density at radius 1 is 1.10 bits per heavy atom. The first-order valence-electron chi connectivity index (χ1n) is 10.4. The van der Waals surface area contributed by atoms with E-state index in [2.05, 4.69) is 15.1 Å². The molecule has 4 heterocycles. The number of hydrogen-bond donors (Lipinski definition) is 0. The number of fused-ring (bicyclic) bond motifs is 3. The van der Waals surface area contributed by atoms with E-state index < -0.39 is 6.43 Å². The third kappa shape index (κ3) is 3.18. The SMILES string of the molecule is Cc1cc(C(=O)N2[C@H]3CC[C@H](c4cc(C(F)F)nc5ncnn45)[C@@H]2CC3)cc(C)c1F. The number of rotatable bonds is 3. The fraction of sp³-hybridized carbons (Fsp3) is 0.455. The maximum atomic E-state index is 14.1. The number of carbonyl (C=O) groups excluding carboxylic acids is 1. The molecule has 3 atom stereocenters. The van der Waals surface area contributed by atoms with Gasteiger partial charge in [-0.2, -0.15) is 10.1 Å². The van der Waals surface area contributed by atoms with Crippen molar-refractivity contribution < 1.29 is 18.0 Å². The van der Waals surface area contributed by atoms with Crippen molar-refractivity contribution in [1.29, 1.82) is 0 Å². The van der Waals surface area contributed by atoms with E-state index in [0.717, 1.165) is 25.7 Å². The molecule has 0 saturated carbocycles. The van der Waals surface area contributed by atoms with Gasteiger partial charge in [-0.25, -0.2) is 22.7 Å². The summed E-state index contributed by atoms with van der Waals surface area (Å²) in [6, 6.07) is 4.53. The van der Waals surface area contributed by atoms with Gasteiger partial charge in [0, 0.05) is 23.6 Å². The molecule has 0 unspecified atom stereocenters. The molecule has 0 N–H and O–H groups in total. The van der Waals surface area contributed by atoms with Gasteiger partial charge in [0.2, 0.25) is 0 Å². The number of carbonyl (C=O) groups is 1. The highest BCUT2D eigenvalue weighted by Crippen LogP contribution is 2.45. The van der Waals surface area contributed by atoms with Crippen molar-refractivity contribution in [1.82, 2.24) is 24.5 Å². The first-order chi connectivity index (χ1) is 14.8. The normalized spacial score (nSPS) is 23.2. The van der Waals surface area contributed by atoms with Crippen molar-refractivity contribution in [2.45, 2.75) is 64.0 Å². The summed E-state index contributed by atoms with van der Waals surface area (Å²) in [6.45, 7) is 3.30. The number of benzene rings is 1. The van der Waals surface area contributed by atoms with Gasteiger partial charge in [0.15, 0.2) is 0 Å². The van der Waals surface area contributed by atoms with Gasteiger partial charge in [0.05, 0.1) is 5.69 Å². The Labute approximate surface area is 177 Å². The maximum absolute atomic E-state index is 14.1. The summed E-state index contributed by atoms with van der Waals surface area (Å²) in [4.78, 5) is 23.3. The minimum atomic E-state index is -2.72. The van der Waals surface area contributed by atoms with Crippen LogP contribution in [0.15, 0.2) is 24.5 Å². The second-order valence-corrected chi connectivity index (χ2v) is 8.50. The average molecular weight is 429 g/mol. The number of alkyl halides is 2. The molecule has 2 saturated heterocycles. The minimum absolute atomic E-state index is 0.0991. The third-order valence-corrected chi connectivity index (χ3v) is 6.64. The summed E-state index contributed by atoms with van der Waals surface area (Å²) in [5, 5.41) is 4.19. The van der Waals surface area contributed by atoms with Gasteiger partial charge in [-0.05, 0) is 68.9 Å². The van der Waals surface area contributed by atoms with Crippen molar-refractivity contribution >= 4 is 11.7 Å². The number of aromatic nitrogens is 4. The Morgan fingerprint density at radius 2 is 1.81 bits per heavy atom. The molecule has 5 rings (SSSR count). The van der Waals surface area contributed by atoms with Crippen molar-refractivity contribution in [3.05, 3.63) is 58.4 Å². The summed E-state index contributed by atoms with van der Waals surface area (Å²) in [6.07, 6.45) is 1.76. The van der Waals surface area contributed by atoms with Crippen LogP contribution >= 0.6 is 0 Å². The van der Waals surface area contributed by atoms with Crippen LogP contribution in [0.5, 0.6) is 0 Å². The van der Waals surface area contributed by atoms with E-state index >= 15 is 0 Å². The van der Waals surface area contributed by atoms with Gasteiger partial charge >= 0.3 is 0 Å². The van der Waals surface area contributed by atoms with Gasteiger partial charge in [-0.3, -0.25) is 4.79 Å². The van der Waals surface area contributed by atoms with E-state index in [4.69, 9.17) is 0 Å². The lowest BCUT2D eigenvalue weighted by atomic mass is 9.86. The fourth-order valence-electron chi connectivity index (χ4n) is 5.26. The fourth-order valence-corrected chi connectivity index (χ4v) is 5.26. The highest BCUT2D eigenvalue weighted by molar-refractivity contribution is 5.95. The van der Waals surface area contributed by atoms with Crippen LogP contribution in [0.2, 0.25) is 0 Å². The predicted molar refractivity (Wildman–Crippen MR) is 107 cm³/mol. The molecule has 3 aromatic rings. The maximum Gasteiger partial charge on any atom is 0.280 e. The first kappa shape index (κ1) is 20.0. The highest BCUT2D eigenvalue weighted by atomic mass is 19.3. The molecule has 6 nitrogen and oxygen atoms in total. The Balaban J connectivity index is 1.55. The van der Waals surface area contributed by atoms with Gasteiger partial charge in [-0.1, -0.05) is 0 Å². The summed E-state index contributed by atoms with van der Waals surface area (Å²) < 4.78 is 42.5. The molecule has 1 amide bonds.